The summed E-state index contributed by atoms with van der Waals surface area (Å²) in [5.41, 5.74) is 0.624. The average Bonchev–Trinajstić information content (AvgIpc) is 2.47. The molecule has 0 bridgehead atoms. The molecule has 2 N–H and O–H groups in total. The molecule has 2 rings (SSSR count). The number of carbonyl (C=O) groups excluding carboxylic acids is 1. The Balaban J connectivity index is 0.00000264. The van der Waals surface area contributed by atoms with Crippen LogP contribution in [0, 0.1) is 11.8 Å². The van der Waals surface area contributed by atoms with E-state index in [1.54, 1.807) is 0 Å². The van der Waals surface area contributed by atoms with Crippen molar-refractivity contribution in [2.45, 2.75) is 45.6 Å². The van der Waals surface area contributed by atoms with Crippen molar-refractivity contribution in [2.75, 3.05) is 13.1 Å². The van der Waals surface area contributed by atoms with Gasteiger partial charge in [0.2, 0.25) is 5.91 Å². The summed E-state index contributed by atoms with van der Waals surface area (Å²) in [4.78, 5) is 12.4. The highest BCUT2D eigenvalue weighted by molar-refractivity contribution is 6.30. The highest BCUT2D eigenvalue weighted by atomic mass is 35.5. The monoisotopic (exact) mass is 358 g/mol. The molecule has 0 radical (unpaired) electrons. The van der Waals surface area contributed by atoms with Crippen molar-refractivity contribution in [1.29, 1.82) is 0 Å². The maximum atomic E-state index is 12.4. The van der Waals surface area contributed by atoms with Gasteiger partial charge in [0.1, 0.15) is 0 Å². The number of hydrogen-bond acceptors (Lipinski definition) is 2. The van der Waals surface area contributed by atoms with Crippen molar-refractivity contribution in [3.63, 3.8) is 0 Å². The van der Waals surface area contributed by atoms with E-state index >= 15 is 0 Å². The molecule has 0 spiro atoms. The Bertz CT molecular complexity index is 513. The van der Waals surface area contributed by atoms with Gasteiger partial charge in [-0.1, -0.05) is 30.7 Å². The van der Waals surface area contributed by atoms with Crippen LogP contribution in [0.3, 0.4) is 0 Å². The molecule has 3 nitrogen and oxygen atoms in total. The van der Waals surface area contributed by atoms with Crippen LogP contribution >= 0.6 is 24.0 Å². The van der Waals surface area contributed by atoms with E-state index in [4.69, 9.17) is 11.6 Å². The number of amides is 1. The predicted molar refractivity (Wildman–Crippen MR) is 99.2 cm³/mol. The van der Waals surface area contributed by atoms with E-state index in [1.165, 1.54) is 12.8 Å². The Morgan fingerprint density at radius 1 is 1.39 bits per heavy atom. The van der Waals surface area contributed by atoms with Crippen LogP contribution in [0.4, 0.5) is 0 Å². The van der Waals surface area contributed by atoms with Gasteiger partial charge in [-0.15, -0.1) is 12.4 Å². The van der Waals surface area contributed by atoms with Crippen LogP contribution in [0.2, 0.25) is 5.02 Å². The minimum Gasteiger partial charge on any atom is -0.347 e. The number of benzene rings is 1. The van der Waals surface area contributed by atoms with Crippen molar-refractivity contribution in [1.82, 2.24) is 10.6 Å². The molecule has 1 heterocycles. The topological polar surface area (TPSA) is 41.1 Å². The normalized spacial score (nSPS) is 17.2. The molecule has 5 heteroatoms. The van der Waals surface area contributed by atoms with Crippen molar-refractivity contribution >= 4 is 29.9 Å². The van der Waals surface area contributed by atoms with Gasteiger partial charge in [0.15, 0.2) is 0 Å². The summed E-state index contributed by atoms with van der Waals surface area (Å²) in [7, 11) is 0. The Kier molecular flexibility index (Phi) is 7.85. The van der Waals surface area contributed by atoms with Crippen LogP contribution in [0.1, 0.15) is 45.6 Å². The molecule has 1 aliphatic heterocycles. The van der Waals surface area contributed by atoms with Crippen LogP contribution in [-0.2, 0) is 10.3 Å². The number of halogens is 2. The standard InChI is InChI=1S/C18H27ClN2O.ClH/c1-13(14-7-9-20-10-8-14)11-17(22)21-18(2,3)15-5-4-6-16(19)12-15;/h4-6,12-14,20H,7-11H2,1-3H3,(H,21,22);1H. The molecular formula is C18H28Cl2N2O. The van der Waals surface area contributed by atoms with Gasteiger partial charge in [0.05, 0.1) is 5.54 Å². The highest BCUT2D eigenvalue weighted by Crippen LogP contribution is 2.26. The van der Waals surface area contributed by atoms with Crippen LogP contribution in [0.25, 0.3) is 0 Å². The number of rotatable bonds is 5. The second-order valence-corrected chi connectivity index (χ2v) is 7.39. The molecule has 1 aromatic rings. The molecular weight excluding hydrogens is 331 g/mol. The quantitative estimate of drug-likeness (QED) is 0.830. The zero-order chi connectivity index (χ0) is 16.2. The number of carbonyl (C=O) groups is 1. The Hall–Kier alpha value is -0.770. The fourth-order valence-corrected chi connectivity index (χ4v) is 3.41. The Morgan fingerprint density at radius 2 is 2.04 bits per heavy atom. The molecule has 1 atom stereocenters. The maximum Gasteiger partial charge on any atom is 0.220 e. The summed E-state index contributed by atoms with van der Waals surface area (Å²) in [5, 5.41) is 7.23. The number of piperidine rings is 1. The summed E-state index contributed by atoms with van der Waals surface area (Å²) >= 11 is 6.05. The average molecular weight is 359 g/mol. The SMILES string of the molecule is CC(CC(=O)NC(C)(C)c1cccc(Cl)c1)C1CCNCC1.Cl. The van der Waals surface area contributed by atoms with E-state index in [2.05, 4.69) is 17.6 Å². The molecule has 1 fully saturated rings. The van der Waals surface area contributed by atoms with Gasteiger partial charge in [0.25, 0.3) is 0 Å². The fraction of sp³-hybridized carbons (Fsp3) is 0.611. The lowest BCUT2D eigenvalue weighted by Gasteiger charge is -2.31. The highest BCUT2D eigenvalue weighted by Gasteiger charge is 2.26. The fourth-order valence-electron chi connectivity index (χ4n) is 3.22. The minimum atomic E-state index is -0.407. The molecule has 0 aliphatic carbocycles. The summed E-state index contributed by atoms with van der Waals surface area (Å²) in [6, 6.07) is 7.69. The second kappa shape index (κ2) is 8.91. The predicted octanol–water partition coefficient (Wildman–Crippen LogP) is 4.14. The molecule has 1 amide bonds. The second-order valence-electron chi connectivity index (χ2n) is 6.95. The van der Waals surface area contributed by atoms with E-state index < -0.39 is 5.54 Å². The first-order valence-corrected chi connectivity index (χ1v) is 8.54. The minimum absolute atomic E-state index is 0. The van der Waals surface area contributed by atoms with Gasteiger partial charge < -0.3 is 10.6 Å². The van der Waals surface area contributed by atoms with Crippen LogP contribution in [-0.4, -0.2) is 19.0 Å². The summed E-state index contributed by atoms with van der Waals surface area (Å²) in [6.07, 6.45) is 2.94. The van der Waals surface area contributed by atoms with Gasteiger partial charge in [-0.25, -0.2) is 0 Å². The smallest absolute Gasteiger partial charge is 0.220 e. The van der Waals surface area contributed by atoms with Crippen LogP contribution in [0.5, 0.6) is 0 Å². The van der Waals surface area contributed by atoms with Gasteiger partial charge in [0, 0.05) is 11.4 Å². The summed E-state index contributed by atoms with van der Waals surface area (Å²) in [6.45, 7) is 8.38. The zero-order valence-corrected chi connectivity index (χ0v) is 15.8. The lowest BCUT2D eigenvalue weighted by molar-refractivity contribution is -0.124. The third kappa shape index (κ3) is 5.98. The van der Waals surface area contributed by atoms with Crippen LogP contribution in [0.15, 0.2) is 24.3 Å². The lowest BCUT2D eigenvalue weighted by Crippen LogP contribution is -2.42. The van der Waals surface area contributed by atoms with Crippen molar-refractivity contribution < 1.29 is 4.79 Å². The van der Waals surface area contributed by atoms with Gasteiger partial charge in [-0.3, -0.25) is 4.79 Å². The van der Waals surface area contributed by atoms with Crippen molar-refractivity contribution in [2.24, 2.45) is 11.8 Å². The van der Waals surface area contributed by atoms with Crippen molar-refractivity contribution in [3.8, 4) is 0 Å². The molecule has 1 aliphatic rings. The first kappa shape index (κ1) is 20.3. The van der Waals surface area contributed by atoms with E-state index in [0.29, 0.717) is 23.3 Å². The Labute approximate surface area is 151 Å². The third-order valence-electron chi connectivity index (χ3n) is 4.69. The van der Waals surface area contributed by atoms with E-state index in [0.717, 1.165) is 18.7 Å². The number of nitrogens with one attached hydrogen (secondary N) is 2. The first-order chi connectivity index (χ1) is 10.4. The van der Waals surface area contributed by atoms with Gasteiger partial charge in [-0.05, 0) is 69.3 Å². The van der Waals surface area contributed by atoms with Crippen LogP contribution < -0.4 is 10.6 Å². The largest absolute Gasteiger partial charge is 0.347 e. The molecule has 1 unspecified atom stereocenters. The molecule has 0 aromatic heterocycles. The molecule has 0 saturated carbocycles. The van der Waals surface area contributed by atoms with E-state index in [1.807, 2.05) is 38.1 Å². The summed E-state index contributed by atoms with van der Waals surface area (Å²) in [5.74, 6) is 1.20. The lowest BCUT2D eigenvalue weighted by atomic mass is 9.83. The van der Waals surface area contributed by atoms with Gasteiger partial charge >= 0.3 is 0 Å². The van der Waals surface area contributed by atoms with Gasteiger partial charge in [-0.2, -0.15) is 0 Å². The van der Waals surface area contributed by atoms with E-state index in [-0.39, 0.29) is 18.3 Å². The van der Waals surface area contributed by atoms with E-state index in [9.17, 15) is 4.79 Å². The third-order valence-corrected chi connectivity index (χ3v) is 4.93. The van der Waals surface area contributed by atoms with Crippen molar-refractivity contribution in [3.05, 3.63) is 34.9 Å². The zero-order valence-electron chi connectivity index (χ0n) is 14.2. The molecule has 1 aromatic carbocycles. The molecule has 23 heavy (non-hydrogen) atoms. The summed E-state index contributed by atoms with van der Waals surface area (Å²) < 4.78 is 0. The molecule has 1 saturated heterocycles. The number of hydrogen-bond donors (Lipinski definition) is 2. The first-order valence-electron chi connectivity index (χ1n) is 8.16. The maximum absolute atomic E-state index is 12.4. The Morgan fingerprint density at radius 3 is 2.65 bits per heavy atom. The molecule has 130 valence electrons.